The van der Waals surface area contributed by atoms with Crippen molar-refractivity contribution in [1.29, 1.82) is 0 Å². The van der Waals surface area contributed by atoms with E-state index >= 15 is 8.63 Å². The van der Waals surface area contributed by atoms with Crippen molar-refractivity contribution in [2.75, 3.05) is 6.54 Å². The van der Waals surface area contributed by atoms with Crippen molar-refractivity contribution in [2.24, 2.45) is 0 Å². The zero-order valence-electron chi connectivity index (χ0n) is 18.1. The number of halogens is 2. The van der Waals surface area contributed by atoms with Gasteiger partial charge in [0.05, 0.1) is 5.69 Å². The molecule has 0 fully saturated rings. The molecular formula is C21H27BF2N6O. The molecule has 0 radical (unpaired) electrons. The van der Waals surface area contributed by atoms with Gasteiger partial charge in [-0.2, -0.15) is 0 Å². The maximum absolute atomic E-state index is 15.4. The number of aryl methyl sites for hydroxylation is 4. The van der Waals surface area contributed by atoms with Crippen LogP contribution in [0.15, 0.2) is 30.1 Å². The van der Waals surface area contributed by atoms with Gasteiger partial charge in [-0.1, -0.05) is 12.1 Å². The molecule has 2 aromatic heterocycles. The Bertz CT molecular complexity index is 1110. The van der Waals surface area contributed by atoms with Gasteiger partial charge in [0, 0.05) is 56.0 Å². The molecule has 7 nitrogen and oxygen atoms in total. The number of rotatable bonds is 8. The quantitative estimate of drug-likeness (QED) is 0.520. The number of nitrogens with zero attached hydrogens (tertiary/aromatic N) is 5. The Hall–Kier alpha value is -3.04. The van der Waals surface area contributed by atoms with Crippen LogP contribution in [0.2, 0.25) is 0 Å². The van der Waals surface area contributed by atoms with Crippen LogP contribution in [0.4, 0.5) is 8.63 Å². The highest BCUT2D eigenvalue weighted by Gasteiger charge is 2.52. The van der Waals surface area contributed by atoms with Gasteiger partial charge in [-0.15, -0.1) is 5.10 Å². The van der Waals surface area contributed by atoms with Gasteiger partial charge in [0.15, 0.2) is 5.70 Å². The molecule has 4 heterocycles. The lowest BCUT2D eigenvalue weighted by molar-refractivity contribution is -0.362. The molecule has 0 bridgehead atoms. The summed E-state index contributed by atoms with van der Waals surface area (Å²) in [6.07, 6.45) is 9.07. The lowest BCUT2D eigenvalue weighted by Gasteiger charge is -2.30. The van der Waals surface area contributed by atoms with Gasteiger partial charge in [-0.3, -0.25) is 9.48 Å². The van der Waals surface area contributed by atoms with Gasteiger partial charge in [-0.25, -0.2) is 0 Å². The molecule has 1 amide bonds. The van der Waals surface area contributed by atoms with E-state index in [1.807, 2.05) is 20.0 Å². The predicted molar refractivity (Wildman–Crippen MR) is 116 cm³/mol. The van der Waals surface area contributed by atoms with Crippen LogP contribution in [-0.4, -0.2) is 49.1 Å². The summed E-state index contributed by atoms with van der Waals surface area (Å²) in [4.78, 5) is 12.2. The van der Waals surface area contributed by atoms with E-state index < -0.39 is 6.97 Å². The fraction of sp³-hybridized carbons (Fsp3) is 0.429. The minimum Gasteiger partial charge on any atom is -0.394 e. The van der Waals surface area contributed by atoms with Gasteiger partial charge in [0.1, 0.15) is 5.71 Å². The molecular weight excluding hydrogens is 401 g/mol. The minimum atomic E-state index is -3.98. The van der Waals surface area contributed by atoms with Crippen LogP contribution in [0.1, 0.15) is 48.8 Å². The van der Waals surface area contributed by atoms with Crippen molar-refractivity contribution in [2.45, 2.75) is 53.0 Å². The molecule has 0 saturated heterocycles. The predicted octanol–water partition coefficient (Wildman–Crippen LogP) is 2.85. The SMILES string of the molecule is CCc1cn(CCCNC(=O)CCC2=[N+]3C(=Cc4c(C)cc(C)n4[B-]3(F)F)C=C2)nn1. The Balaban J connectivity index is 1.34. The third-order valence-electron chi connectivity index (χ3n) is 5.85. The first-order valence-electron chi connectivity index (χ1n) is 10.7. The van der Waals surface area contributed by atoms with Crippen molar-refractivity contribution in [3.05, 3.63) is 52.8 Å². The molecule has 1 N–H and O–H groups in total. The number of hydrogen-bond donors (Lipinski definition) is 1. The van der Waals surface area contributed by atoms with E-state index in [1.54, 1.807) is 35.9 Å². The number of amides is 1. The second-order valence-corrected chi connectivity index (χ2v) is 8.11. The molecule has 164 valence electrons. The molecule has 2 aliphatic heterocycles. The summed E-state index contributed by atoms with van der Waals surface area (Å²) in [6.45, 7) is 2.75. The summed E-state index contributed by atoms with van der Waals surface area (Å²) >= 11 is 0. The first-order chi connectivity index (χ1) is 14.8. The van der Waals surface area contributed by atoms with E-state index in [0.717, 1.165) is 33.1 Å². The Morgan fingerprint density at radius 3 is 2.84 bits per heavy atom. The fourth-order valence-corrected chi connectivity index (χ4v) is 4.31. The number of carbonyl (C=O) groups is 1. The van der Waals surface area contributed by atoms with Crippen LogP contribution in [0.25, 0.3) is 6.08 Å². The number of carbonyl (C=O) groups excluding carboxylic acids is 1. The molecule has 10 heteroatoms. The Labute approximate surface area is 180 Å². The standard InChI is InChI=1S/C21H27BF2N6O/c1-4-17-14-28(27-26-17)11-5-10-25-21(31)9-8-18-6-7-19-13-20-15(2)12-16(3)29(20)22(23,24)30(18)19/h6-7,12-14H,4-5,8-11H2,1-3H3,(H,25,31). The average molecular weight is 428 g/mol. The van der Waals surface area contributed by atoms with Crippen LogP contribution in [0.5, 0.6) is 0 Å². The Morgan fingerprint density at radius 2 is 2.10 bits per heavy atom. The number of hydrogen-bond acceptors (Lipinski definition) is 3. The summed E-state index contributed by atoms with van der Waals surface area (Å²) < 4.78 is 34.7. The monoisotopic (exact) mass is 428 g/mol. The molecule has 2 aliphatic rings. The second kappa shape index (κ2) is 8.24. The molecule has 0 atom stereocenters. The maximum atomic E-state index is 15.4. The highest BCUT2D eigenvalue weighted by atomic mass is 19.2. The summed E-state index contributed by atoms with van der Waals surface area (Å²) in [7, 11) is 0. The molecule has 31 heavy (non-hydrogen) atoms. The Morgan fingerprint density at radius 1 is 1.29 bits per heavy atom. The molecule has 0 unspecified atom stereocenters. The van der Waals surface area contributed by atoms with Crippen LogP contribution < -0.4 is 5.32 Å². The summed E-state index contributed by atoms with van der Waals surface area (Å²) in [5, 5.41) is 10.9. The van der Waals surface area contributed by atoms with Crippen molar-refractivity contribution < 1.29 is 17.9 Å². The lowest BCUT2D eigenvalue weighted by Crippen LogP contribution is -2.50. The van der Waals surface area contributed by atoms with Gasteiger partial charge < -0.3 is 22.9 Å². The zero-order chi connectivity index (χ0) is 22.2. The fourth-order valence-electron chi connectivity index (χ4n) is 4.31. The number of aromatic nitrogens is 4. The lowest BCUT2D eigenvalue weighted by atomic mass is 9.90. The van der Waals surface area contributed by atoms with Crippen molar-refractivity contribution >= 4 is 24.7 Å². The Kier molecular flexibility index (Phi) is 5.64. The molecule has 4 rings (SSSR count). The van der Waals surface area contributed by atoms with Crippen molar-refractivity contribution in [3.8, 4) is 0 Å². The third kappa shape index (κ3) is 3.98. The largest absolute Gasteiger partial charge is 0.737 e. The summed E-state index contributed by atoms with van der Waals surface area (Å²) in [5.41, 5.74) is 3.81. The van der Waals surface area contributed by atoms with Gasteiger partial charge in [0.25, 0.3) is 0 Å². The highest BCUT2D eigenvalue weighted by Crippen LogP contribution is 2.34. The van der Waals surface area contributed by atoms with E-state index in [4.69, 9.17) is 0 Å². The zero-order valence-corrected chi connectivity index (χ0v) is 18.1. The van der Waals surface area contributed by atoms with E-state index in [9.17, 15) is 4.79 Å². The molecule has 0 aliphatic carbocycles. The van der Waals surface area contributed by atoms with Crippen molar-refractivity contribution in [1.82, 2.24) is 24.8 Å². The second-order valence-electron chi connectivity index (χ2n) is 8.11. The molecule has 0 spiro atoms. The van der Waals surface area contributed by atoms with E-state index in [1.165, 1.54) is 0 Å². The van der Waals surface area contributed by atoms with E-state index in [2.05, 4.69) is 15.6 Å². The first kappa shape index (κ1) is 21.2. The smallest absolute Gasteiger partial charge is 0.394 e. The van der Waals surface area contributed by atoms with Crippen LogP contribution in [0, 0.1) is 13.8 Å². The van der Waals surface area contributed by atoms with Crippen molar-refractivity contribution in [3.63, 3.8) is 0 Å². The molecule has 0 saturated carbocycles. The molecule has 2 aromatic rings. The van der Waals surface area contributed by atoms with Crippen LogP contribution in [-0.2, 0) is 17.8 Å². The third-order valence-corrected chi connectivity index (χ3v) is 5.85. The minimum absolute atomic E-state index is 0.146. The normalized spacial score (nSPS) is 16.4. The van der Waals surface area contributed by atoms with Gasteiger partial charge in [-0.05, 0) is 44.0 Å². The summed E-state index contributed by atoms with van der Waals surface area (Å²) in [6, 6.07) is 1.78. The van der Waals surface area contributed by atoms with E-state index in [-0.39, 0.29) is 18.7 Å². The van der Waals surface area contributed by atoms with Crippen LogP contribution >= 0.6 is 0 Å². The summed E-state index contributed by atoms with van der Waals surface area (Å²) in [5.74, 6) is -0.146. The highest BCUT2D eigenvalue weighted by molar-refractivity contribution is 6.58. The maximum Gasteiger partial charge on any atom is 0.737 e. The number of nitrogens with one attached hydrogen (secondary N) is 1. The van der Waals surface area contributed by atoms with E-state index in [0.29, 0.717) is 35.9 Å². The number of allylic oxidation sites excluding steroid dienone is 2. The average Bonchev–Trinajstić information content (AvgIpc) is 3.42. The molecule has 0 aromatic carbocycles. The number of fused-ring (bicyclic) bond motifs is 2. The van der Waals surface area contributed by atoms with Gasteiger partial charge >= 0.3 is 6.97 Å². The van der Waals surface area contributed by atoms with Gasteiger partial charge in [0.2, 0.25) is 5.91 Å². The topological polar surface area (TPSA) is 67.8 Å². The van der Waals surface area contributed by atoms with Crippen LogP contribution in [0.3, 0.4) is 0 Å². The first-order valence-corrected chi connectivity index (χ1v) is 10.7.